The van der Waals surface area contributed by atoms with Crippen molar-refractivity contribution in [1.82, 2.24) is 20.2 Å². The van der Waals surface area contributed by atoms with Crippen molar-refractivity contribution in [3.63, 3.8) is 0 Å². The zero-order valence-electron chi connectivity index (χ0n) is 14.5. The highest BCUT2D eigenvalue weighted by Gasteiger charge is 2.08. The van der Waals surface area contributed by atoms with Crippen LogP contribution in [0.25, 0.3) is 22.1 Å². The van der Waals surface area contributed by atoms with Crippen LogP contribution >= 0.6 is 0 Å². The Kier molecular flexibility index (Phi) is 4.44. The lowest BCUT2D eigenvalue weighted by Crippen LogP contribution is -2.04. The van der Waals surface area contributed by atoms with Gasteiger partial charge in [0.05, 0.1) is 18.4 Å². The molecule has 8 heteroatoms. The van der Waals surface area contributed by atoms with E-state index in [1.165, 1.54) is 0 Å². The summed E-state index contributed by atoms with van der Waals surface area (Å²) >= 11 is 0. The SMILES string of the molecule is CCOC(=O)c1ccc(/C=N/Nc2nnc3c(n2)[nH]c2ccccc23)cc1. The van der Waals surface area contributed by atoms with Gasteiger partial charge in [0.15, 0.2) is 5.65 Å². The highest BCUT2D eigenvalue weighted by molar-refractivity contribution is 6.03. The van der Waals surface area contributed by atoms with Gasteiger partial charge in [-0.05, 0) is 30.7 Å². The second kappa shape index (κ2) is 7.20. The molecule has 134 valence electrons. The van der Waals surface area contributed by atoms with Gasteiger partial charge in [0.2, 0.25) is 0 Å². The van der Waals surface area contributed by atoms with Crippen LogP contribution in [-0.4, -0.2) is 39.0 Å². The van der Waals surface area contributed by atoms with Gasteiger partial charge >= 0.3 is 5.97 Å². The Bertz CT molecular complexity index is 1130. The molecule has 2 heterocycles. The molecule has 0 radical (unpaired) electrons. The number of carbonyl (C=O) groups is 1. The van der Waals surface area contributed by atoms with Crippen LogP contribution in [-0.2, 0) is 4.74 Å². The molecule has 2 aromatic heterocycles. The minimum Gasteiger partial charge on any atom is -0.462 e. The van der Waals surface area contributed by atoms with E-state index in [0.29, 0.717) is 17.8 Å². The van der Waals surface area contributed by atoms with E-state index < -0.39 is 0 Å². The third-order valence-electron chi connectivity index (χ3n) is 3.92. The number of aromatic amines is 1. The number of nitrogens with zero attached hydrogens (tertiary/aromatic N) is 4. The number of ether oxygens (including phenoxy) is 1. The number of hydrogen-bond acceptors (Lipinski definition) is 7. The molecule has 0 unspecified atom stereocenters. The molecule has 2 N–H and O–H groups in total. The standard InChI is InChI=1S/C19H16N6O2/c1-2-27-18(26)13-9-7-12(8-10-13)11-20-24-19-22-17-16(23-25-19)14-5-3-4-6-15(14)21-17/h3-11H,2H2,1H3,(H2,21,22,24,25)/b20-11+. The van der Waals surface area contributed by atoms with E-state index in [1.807, 2.05) is 24.3 Å². The predicted octanol–water partition coefficient (Wildman–Crippen LogP) is 3.13. The molecule has 0 fully saturated rings. The molecule has 27 heavy (non-hydrogen) atoms. The Labute approximate surface area is 154 Å². The number of para-hydroxylation sites is 1. The lowest BCUT2D eigenvalue weighted by atomic mass is 10.1. The number of fused-ring (bicyclic) bond motifs is 3. The molecule has 0 bridgehead atoms. The normalized spacial score (nSPS) is 11.3. The van der Waals surface area contributed by atoms with Crippen molar-refractivity contribution in [1.29, 1.82) is 0 Å². The number of aromatic nitrogens is 4. The molecule has 0 aliphatic rings. The lowest BCUT2D eigenvalue weighted by molar-refractivity contribution is 0.0526. The van der Waals surface area contributed by atoms with E-state index in [4.69, 9.17) is 4.74 Å². The number of H-pyrrole nitrogens is 1. The molecule has 0 aliphatic heterocycles. The van der Waals surface area contributed by atoms with E-state index >= 15 is 0 Å². The van der Waals surface area contributed by atoms with Crippen molar-refractivity contribution in [3.05, 3.63) is 59.7 Å². The molecule has 0 aliphatic carbocycles. The van der Waals surface area contributed by atoms with Crippen molar-refractivity contribution < 1.29 is 9.53 Å². The minimum absolute atomic E-state index is 0.286. The van der Waals surface area contributed by atoms with Crippen LogP contribution in [0, 0.1) is 0 Å². The summed E-state index contributed by atoms with van der Waals surface area (Å²) in [5.74, 6) is -0.0568. The average molecular weight is 360 g/mol. The summed E-state index contributed by atoms with van der Waals surface area (Å²) in [6.07, 6.45) is 1.60. The van der Waals surface area contributed by atoms with Crippen LogP contribution in [0.5, 0.6) is 0 Å². The number of nitrogens with one attached hydrogen (secondary N) is 2. The van der Waals surface area contributed by atoms with Crippen LogP contribution in [0.15, 0.2) is 53.6 Å². The van der Waals surface area contributed by atoms with Crippen molar-refractivity contribution in [2.75, 3.05) is 12.0 Å². The Balaban J connectivity index is 1.48. The lowest BCUT2D eigenvalue weighted by Gasteiger charge is -2.01. The summed E-state index contributed by atoms with van der Waals surface area (Å²) in [4.78, 5) is 19.2. The van der Waals surface area contributed by atoms with E-state index in [9.17, 15) is 4.79 Å². The second-order valence-corrected chi connectivity index (χ2v) is 5.72. The molecule has 4 aromatic rings. The topological polar surface area (TPSA) is 105 Å². The highest BCUT2D eigenvalue weighted by atomic mass is 16.5. The summed E-state index contributed by atoms with van der Waals surface area (Å²) in [5.41, 5.74) is 6.39. The first-order chi connectivity index (χ1) is 13.2. The average Bonchev–Trinajstić information content (AvgIpc) is 3.06. The smallest absolute Gasteiger partial charge is 0.338 e. The summed E-state index contributed by atoms with van der Waals surface area (Å²) < 4.78 is 4.95. The van der Waals surface area contributed by atoms with Gasteiger partial charge in [0.1, 0.15) is 5.52 Å². The minimum atomic E-state index is -0.342. The first-order valence-electron chi connectivity index (χ1n) is 8.42. The molecule has 4 rings (SSSR count). The number of rotatable bonds is 5. The number of anilines is 1. The molecule has 0 spiro atoms. The van der Waals surface area contributed by atoms with Gasteiger partial charge in [-0.3, -0.25) is 0 Å². The van der Waals surface area contributed by atoms with E-state index in [2.05, 4.69) is 30.7 Å². The predicted molar refractivity (Wildman–Crippen MR) is 103 cm³/mol. The van der Waals surface area contributed by atoms with Gasteiger partial charge in [0, 0.05) is 10.9 Å². The van der Waals surface area contributed by atoms with Gasteiger partial charge < -0.3 is 9.72 Å². The maximum absolute atomic E-state index is 11.6. The first-order valence-corrected chi connectivity index (χ1v) is 8.42. The van der Waals surface area contributed by atoms with Crippen LogP contribution in [0.3, 0.4) is 0 Å². The fourth-order valence-electron chi connectivity index (χ4n) is 2.65. The quantitative estimate of drug-likeness (QED) is 0.322. The maximum atomic E-state index is 11.6. The van der Waals surface area contributed by atoms with Crippen LogP contribution in [0.1, 0.15) is 22.8 Å². The van der Waals surface area contributed by atoms with Crippen molar-refractivity contribution >= 4 is 40.2 Å². The Morgan fingerprint density at radius 1 is 1.19 bits per heavy atom. The van der Waals surface area contributed by atoms with Crippen LogP contribution < -0.4 is 5.43 Å². The molecule has 0 atom stereocenters. The number of carbonyl (C=O) groups excluding carboxylic acids is 1. The van der Waals surface area contributed by atoms with Crippen molar-refractivity contribution in [2.24, 2.45) is 5.10 Å². The van der Waals surface area contributed by atoms with E-state index in [1.54, 1.807) is 37.4 Å². The van der Waals surface area contributed by atoms with Crippen LogP contribution in [0.2, 0.25) is 0 Å². The molecular weight excluding hydrogens is 344 g/mol. The highest BCUT2D eigenvalue weighted by Crippen LogP contribution is 2.21. The summed E-state index contributed by atoms with van der Waals surface area (Å²) in [7, 11) is 0. The van der Waals surface area contributed by atoms with Gasteiger partial charge in [-0.2, -0.15) is 10.1 Å². The molecular formula is C19H16N6O2. The van der Waals surface area contributed by atoms with Gasteiger partial charge in [-0.25, -0.2) is 10.2 Å². The van der Waals surface area contributed by atoms with Crippen LogP contribution in [0.4, 0.5) is 5.95 Å². The van der Waals surface area contributed by atoms with Gasteiger partial charge in [0.25, 0.3) is 5.95 Å². The fraction of sp³-hybridized carbons (Fsp3) is 0.105. The zero-order chi connectivity index (χ0) is 18.6. The third-order valence-corrected chi connectivity index (χ3v) is 3.92. The molecule has 8 nitrogen and oxygen atoms in total. The van der Waals surface area contributed by atoms with Crippen molar-refractivity contribution in [2.45, 2.75) is 6.92 Å². The molecule has 0 saturated heterocycles. The first kappa shape index (κ1) is 16.6. The van der Waals surface area contributed by atoms with E-state index in [-0.39, 0.29) is 11.9 Å². The number of hydrazone groups is 1. The summed E-state index contributed by atoms with van der Waals surface area (Å²) in [6, 6.07) is 14.7. The monoisotopic (exact) mass is 360 g/mol. The maximum Gasteiger partial charge on any atom is 0.338 e. The second-order valence-electron chi connectivity index (χ2n) is 5.72. The molecule has 0 saturated carbocycles. The zero-order valence-corrected chi connectivity index (χ0v) is 14.5. The fourth-order valence-corrected chi connectivity index (χ4v) is 2.65. The molecule has 2 aromatic carbocycles. The molecule has 0 amide bonds. The van der Waals surface area contributed by atoms with Gasteiger partial charge in [-0.15, -0.1) is 10.2 Å². The number of benzene rings is 2. The summed E-state index contributed by atoms with van der Waals surface area (Å²) in [6.45, 7) is 2.12. The third kappa shape index (κ3) is 3.45. The largest absolute Gasteiger partial charge is 0.462 e. The summed E-state index contributed by atoms with van der Waals surface area (Å²) in [5, 5.41) is 13.4. The number of esters is 1. The van der Waals surface area contributed by atoms with Crippen molar-refractivity contribution in [3.8, 4) is 0 Å². The Morgan fingerprint density at radius 2 is 2.00 bits per heavy atom. The Morgan fingerprint density at radius 3 is 2.81 bits per heavy atom. The van der Waals surface area contributed by atoms with Gasteiger partial charge in [-0.1, -0.05) is 30.3 Å². The van der Waals surface area contributed by atoms with E-state index in [0.717, 1.165) is 22.0 Å². The number of hydrogen-bond donors (Lipinski definition) is 2. The Hall–Kier alpha value is -3.81.